The van der Waals surface area contributed by atoms with Crippen molar-refractivity contribution in [1.82, 2.24) is 0 Å². The molecular formula is C61H102O6. The predicted molar refractivity (Wildman–Crippen MR) is 288 cm³/mol. The third-order valence-electron chi connectivity index (χ3n) is 11.6. The van der Waals surface area contributed by atoms with Crippen LogP contribution in [0.15, 0.2) is 97.2 Å². The minimum absolute atomic E-state index is 0.0910. The Morgan fingerprint density at radius 1 is 0.328 bits per heavy atom. The molecule has 0 amide bonds. The Morgan fingerprint density at radius 3 is 1.07 bits per heavy atom. The lowest BCUT2D eigenvalue weighted by Crippen LogP contribution is -2.30. The second-order valence-corrected chi connectivity index (χ2v) is 18.1. The molecule has 0 rings (SSSR count). The maximum Gasteiger partial charge on any atom is 0.306 e. The van der Waals surface area contributed by atoms with Crippen molar-refractivity contribution < 1.29 is 28.6 Å². The van der Waals surface area contributed by atoms with Crippen molar-refractivity contribution in [3.63, 3.8) is 0 Å². The molecule has 0 heterocycles. The average molecular weight is 931 g/mol. The molecule has 0 radical (unpaired) electrons. The van der Waals surface area contributed by atoms with Crippen LogP contribution in [0.3, 0.4) is 0 Å². The van der Waals surface area contributed by atoms with Gasteiger partial charge in [-0.05, 0) is 103 Å². The first-order valence-corrected chi connectivity index (χ1v) is 27.8. The minimum Gasteiger partial charge on any atom is -0.462 e. The second-order valence-electron chi connectivity index (χ2n) is 18.1. The summed E-state index contributed by atoms with van der Waals surface area (Å²) >= 11 is 0. The zero-order chi connectivity index (χ0) is 48.6. The van der Waals surface area contributed by atoms with E-state index in [1.54, 1.807) is 0 Å². The summed E-state index contributed by atoms with van der Waals surface area (Å²) in [7, 11) is 0. The van der Waals surface area contributed by atoms with E-state index < -0.39 is 6.10 Å². The van der Waals surface area contributed by atoms with Crippen molar-refractivity contribution in [3.05, 3.63) is 97.2 Å². The van der Waals surface area contributed by atoms with E-state index in [0.29, 0.717) is 19.3 Å². The number of unbranched alkanes of at least 4 members (excludes halogenated alkanes) is 24. The van der Waals surface area contributed by atoms with Crippen molar-refractivity contribution in [1.29, 1.82) is 0 Å². The van der Waals surface area contributed by atoms with Crippen LogP contribution in [0.2, 0.25) is 0 Å². The van der Waals surface area contributed by atoms with Crippen LogP contribution in [-0.2, 0) is 28.6 Å². The summed E-state index contributed by atoms with van der Waals surface area (Å²) in [6, 6.07) is 0. The molecule has 0 aliphatic rings. The molecule has 0 saturated heterocycles. The summed E-state index contributed by atoms with van der Waals surface area (Å²) in [4.78, 5) is 38.1. The molecule has 1 unspecified atom stereocenters. The molecule has 0 aromatic rings. The monoisotopic (exact) mass is 931 g/mol. The topological polar surface area (TPSA) is 78.9 Å². The van der Waals surface area contributed by atoms with Gasteiger partial charge in [0.25, 0.3) is 0 Å². The number of ether oxygens (including phenoxy) is 3. The number of esters is 3. The van der Waals surface area contributed by atoms with E-state index in [1.165, 1.54) is 96.3 Å². The summed E-state index contributed by atoms with van der Waals surface area (Å²) in [6.45, 7) is 6.35. The molecule has 0 aromatic carbocycles. The number of carbonyl (C=O) groups excluding carboxylic acids is 3. The molecule has 382 valence electrons. The van der Waals surface area contributed by atoms with Gasteiger partial charge in [0.15, 0.2) is 6.10 Å². The normalized spacial score (nSPS) is 12.8. The fourth-order valence-electron chi connectivity index (χ4n) is 7.49. The first-order chi connectivity index (χ1) is 33.0. The van der Waals surface area contributed by atoms with Crippen molar-refractivity contribution in [2.45, 2.75) is 258 Å². The number of carbonyl (C=O) groups is 3. The largest absolute Gasteiger partial charge is 0.462 e. The van der Waals surface area contributed by atoms with Gasteiger partial charge in [0, 0.05) is 19.3 Å². The summed E-state index contributed by atoms with van der Waals surface area (Å²) in [5, 5.41) is 0. The molecule has 0 bridgehead atoms. The van der Waals surface area contributed by atoms with Crippen LogP contribution >= 0.6 is 0 Å². The number of hydrogen-bond donors (Lipinski definition) is 0. The van der Waals surface area contributed by atoms with Gasteiger partial charge in [-0.3, -0.25) is 14.4 Å². The molecule has 0 aliphatic carbocycles. The zero-order valence-corrected chi connectivity index (χ0v) is 43.6. The van der Waals surface area contributed by atoms with E-state index in [4.69, 9.17) is 14.2 Å². The fourth-order valence-corrected chi connectivity index (χ4v) is 7.49. The van der Waals surface area contributed by atoms with Crippen LogP contribution in [0.4, 0.5) is 0 Å². The lowest BCUT2D eigenvalue weighted by atomic mass is 10.1. The molecular weight excluding hydrogens is 829 g/mol. The van der Waals surface area contributed by atoms with E-state index in [9.17, 15) is 14.4 Å². The van der Waals surface area contributed by atoms with Crippen molar-refractivity contribution in [2.24, 2.45) is 0 Å². The SMILES string of the molecule is CC/C=C/C=C/C=C/CCCCCCCC(=O)OCC(COC(=O)CCCCCCCCCCC/C=C/C/C=C/C/C=C/CC)OC(=O)CCCCCCCCC/C=C/C/C=C/CCCCC. The molecule has 1 atom stereocenters. The van der Waals surface area contributed by atoms with E-state index >= 15 is 0 Å². The Kier molecular flexibility index (Phi) is 51.9. The average Bonchev–Trinajstić information content (AvgIpc) is 3.33. The van der Waals surface area contributed by atoms with Crippen LogP contribution in [0.1, 0.15) is 252 Å². The second kappa shape index (κ2) is 54.9. The first-order valence-electron chi connectivity index (χ1n) is 27.8. The number of hydrogen-bond acceptors (Lipinski definition) is 6. The highest BCUT2D eigenvalue weighted by atomic mass is 16.6. The smallest absolute Gasteiger partial charge is 0.306 e. The van der Waals surface area contributed by atoms with Crippen molar-refractivity contribution >= 4 is 17.9 Å². The van der Waals surface area contributed by atoms with Gasteiger partial charge < -0.3 is 14.2 Å². The molecule has 0 N–H and O–H groups in total. The highest BCUT2D eigenvalue weighted by molar-refractivity contribution is 5.71. The summed E-state index contributed by atoms with van der Waals surface area (Å²) < 4.78 is 16.8. The summed E-state index contributed by atoms with van der Waals surface area (Å²) in [5.74, 6) is -0.924. The molecule has 0 fully saturated rings. The minimum atomic E-state index is -0.794. The maximum atomic E-state index is 12.8. The standard InChI is InChI=1S/C61H102O6/c1-4-7-10-13-16-19-22-25-27-29-30-32-33-36-39-42-45-48-51-54-60(63)66-57-58(56-65-59(62)53-50-47-44-41-38-35-24-21-18-15-12-9-6-3)67-61(64)55-52-49-46-43-40-37-34-31-28-26-23-20-17-14-11-8-5-2/h7,9-10,12,15-21,24-28,58H,4-6,8,11,13-14,22-23,29-57H2,1-3H3/b10-7+,12-9+,18-15+,19-16+,20-17+,24-21+,27-25+,28-26+. The molecule has 6 heteroatoms. The molecule has 0 spiro atoms. The fraction of sp³-hybridized carbons (Fsp3) is 0.689. The Bertz CT molecular complexity index is 1350. The van der Waals surface area contributed by atoms with Crippen LogP contribution in [-0.4, -0.2) is 37.2 Å². The Balaban J connectivity index is 4.41. The van der Waals surface area contributed by atoms with Gasteiger partial charge in [0.1, 0.15) is 13.2 Å². The number of rotatable bonds is 49. The molecule has 0 aliphatic heterocycles. The predicted octanol–water partition coefficient (Wildman–Crippen LogP) is 18.5. The Hall–Kier alpha value is -3.67. The first kappa shape index (κ1) is 63.3. The van der Waals surface area contributed by atoms with E-state index in [-0.39, 0.29) is 31.1 Å². The maximum absolute atomic E-state index is 12.8. The van der Waals surface area contributed by atoms with E-state index in [1.807, 2.05) is 0 Å². The summed E-state index contributed by atoms with van der Waals surface area (Å²) in [6.07, 6.45) is 72.5. The Morgan fingerprint density at radius 2 is 0.657 bits per heavy atom. The van der Waals surface area contributed by atoms with Crippen LogP contribution in [0.5, 0.6) is 0 Å². The third kappa shape index (κ3) is 53.2. The van der Waals surface area contributed by atoms with Gasteiger partial charge in [-0.25, -0.2) is 0 Å². The molecule has 67 heavy (non-hydrogen) atoms. The highest BCUT2D eigenvalue weighted by Crippen LogP contribution is 2.15. The molecule has 6 nitrogen and oxygen atoms in total. The van der Waals surface area contributed by atoms with Crippen LogP contribution in [0.25, 0.3) is 0 Å². The summed E-state index contributed by atoms with van der Waals surface area (Å²) in [5.41, 5.74) is 0. The van der Waals surface area contributed by atoms with Crippen molar-refractivity contribution in [3.8, 4) is 0 Å². The lowest BCUT2D eigenvalue weighted by Gasteiger charge is -2.18. The number of allylic oxidation sites excluding steroid dienone is 16. The highest BCUT2D eigenvalue weighted by Gasteiger charge is 2.19. The van der Waals surface area contributed by atoms with Crippen LogP contribution in [0, 0.1) is 0 Å². The van der Waals surface area contributed by atoms with Gasteiger partial charge in [-0.2, -0.15) is 0 Å². The van der Waals surface area contributed by atoms with E-state index in [2.05, 4.69) is 118 Å². The molecule has 0 aromatic heterocycles. The van der Waals surface area contributed by atoms with Gasteiger partial charge in [0.05, 0.1) is 0 Å². The molecule has 0 saturated carbocycles. The quantitative estimate of drug-likeness (QED) is 0.0199. The van der Waals surface area contributed by atoms with E-state index in [0.717, 1.165) is 116 Å². The van der Waals surface area contributed by atoms with Gasteiger partial charge in [0.2, 0.25) is 0 Å². The van der Waals surface area contributed by atoms with Crippen molar-refractivity contribution in [2.75, 3.05) is 13.2 Å². The van der Waals surface area contributed by atoms with Gasteiger partial charge in [-0.15, -0.1) is 0 Å². The zero-order valence-electron chi connectivity index (χ0n) is 43.6. The lowest BCUT2D eigenvalue weighted by molar-refractivity contribution is -0.167. The van der Waals surface area contributed by atoms with Gasteiger partial charge in [-0.1, -0.05) is 227 Å². The van der Waals surface area contributed by atoms with Gasteiger partial charge >= 0.3 is 17.9 Å². The Labute approximate surface area is 413 Å². The van der Waals surface area contributed by atoms with Crippen LogP contribution < -0.4 is 0 Å². The third-order valence-corrected chi connectivity index (χ3v) is 11.6.